The Hall–Kier alpha value is -4.55. The summed E-state index contributed by atoms with van der Waals surface area (Å²) in [5, 5.41) is 11.6. The van der Waals surface area contributed by atoms with Crippen molar-refractivity contribution in [2.45, 2.75) is 85.0 Å². The number of nitrogens with zero attached hydrogens (tertiary/aromatic N) is 2. The Morgan fingerprint density at radius 3 is 2.36 bits per heavy atom. The molecule has 0 saturated heterocycles. The Morgan fingerprint density at radius 1 is 0.940 bits per heavy atom. The van der Waals surface area contributed by atoms with Crippen molar-refractivity contribution in [3.8, 4) is 17.2 Å². The second kappa shape index (κ2) is 19.0. The summed E-state index contributed by atoms with van der Waals surface area (Å²) >= 11 is 5.09. The number of anilines is 3. The van der Waals surface area contributed by atoms with Gasteiger partial charge in [0.15, 0.2) is 0 Å². The molecule has 0 atom stereocenters. The van der Waals surface area contributed by atoms with Crippen LogP contribution in [0.25, 0.3) is 0 Å². The van der Waals surface area contributed by atoms with E-state index in [9.17, 15) is 5.11 Å². The summed E-state index contributed by atoms with van der Waals surface area (Å²) in [6, 6.07) is 16.3. The van der Waals surface area contributed by atoms with Crippen molar-refractivity contribution in [3.63, 3.8) is 0 Å². The van der Waals surface area contributed by atoms with E-state index >= 15 is 0 Å². The summed E-state index contributed by atoms with van der Waals surface area (Å²) in [7, 11) is 1.62. The first kappa shape index (κ1) is 38.3. The average Bonchev–Trinajstić information content (AvgIpc) is 3.35. The molecule has 0 saturated carbocycles. The molecule has 0 heterocycles. The molecule has 4 rings (SSSR count). The maximum absolute atomic E-state index is 11.6. The summed E-state index contributed by atoms with van der Waals surface area (Å²) < 4.78 is 11.9. The highest BCUT2D eigenvalue weighted by Gasteiger charge is 2.25. The summed E-state index contributed by atoms with van der Waals surface area (Å²) in [4.78, 5) is 5.31. The molecule has 1 N–H and O–H groups in total. The topological polar surface area (TPSA) is 45.2 Å². The molecular formula is C44H54N2O3S. The van der Waals surface area contributed by atoms with Crippen LogP contribution in [0, 0.1) is 13.8 Å². The van der Waals surface area contributed by atoms with Crippen LogP contribution in [0.3, 0.4) is 0 Å². The number of phenols is 1. The first-order valence-electron chi connectivity index (χ1n) is 17.8. The maximum Gasteiger partial charge on any atom is 0.150 e. The van der Waals surface area contributed by atoms with Crippen molar-refractivity contribution < 1.29 is 14.6 Å². The van der Waals surface area contributed by atoms with Crippen LogP contribution in [0.5, 0.6) is 17.2 Å². The van der Waals surface area contributed by atoms with Crippen LogP contribution >= 0.6 is 12.6 Å². The van der Waals surface area contributed by atoms with Gasteiger partial charge in [0.05, 0.1) is 19.4 Å². The van der Waals surface area contributed by atoms with Gasteiger partial charge in [-0.3, -0.25) is 0 Å². The van der Waals surface area contributed by atoms with Gasteiger partial charge in [0.2, 0.25) is 0 Å². The summed E-state index contributed by atoms with van der Waals surface area (Å²) in [6.07, 6.45) is 25.0. The summed E-state index contributed by atoms with van der Waals surface area (Å²) in [6.45, 7) is 13.2. The quantitative estimate of drug-likeness (QED) is 0.0890. The maximum atomic E-state index is 11.6. The molecule has 6 heteroatoms. The number of phenolic OH excluding ortho intramolecular Hbond substituents is 1. The first-order valence-corrected chi connectivity index (χ1v) is 18.3. The number of rotatable bonds is 16. The third-order valence-electron chi connectivity index (χ3n) is 8.58. The minimum atomic E-state index is 0.0731. The van der Waals surface area contributed by atoms with E-state index in [4.69, 9.17) is 22.1 Å². The van der Waals surface area contributed by atoms with Crippen molar-refractivity contribution in [1.29, 1.82) is 0 Å². The predicted molar refractivity (Wildman–Crippen MR) is 216 cm³/mol. The predicted octanol–water partition coefficient (Wildman–Crippen LogP) is 12.2. The molecule has 0 aliphatic heterocycles. The van der Waals surface area contributed by atoms with Crippen LogP contribution in [0.4, 0.5) is 17.1 Å². The molecule has 1 aliphatic rings. The number of aryl methyl sites for hydroxylation is 3. The third-order valence-corrected chi connectivity index (χ3v) is 8.92. The molecule has 0 amide bonds. The number of hydrogen-bond donors (Lipinski definition) is 2. The molecule has 5 nitrogen and oxygen atoms in total. The standard InChI is InChI=1S/C44H54N2O3S/c1-8-12-17-34-28-33(6)43(42(50)29-34)45(35(16-11-4)18-13-9-2)36-19-15-20-37(26-25-36)46(38-23-21-32(5)22-24-38)44-40(47)30-39(31-41(44)48-7)49-27-14-10-3/h9,11,13,15-16,18,20-26,28-31,47,50H,8,10,12,14,17,19,27H2,1-7H3/b13-9+,16-11-,35-18+. The molecule has 264 valence electrons. The van der Waals surface area contributed by atoms with E-state index in [0.29, 0.717) is 30.2 Å². The lowest BCUT2D eigenvalue weighted by atomic mass is 10.0. The highest BCUT2D eigenvalue weighted by molar-refractivity contribution is 7.80. The lowest BCUT2D eigenvalue weighted by Gasteiger charge is -2.31. The zero-order valence-electron chi connectivity index (χ0n) is 30.9. The van der Waals surface area contributed by atoms with Crippen LogP contribution in [-0.2, 0) is 6.42 Å². The number of thiol groups is 1. The van der Waals surface area contributed by atoms with E-state index in [2.05, 4.69) is 118 Å². The lowest BCUT2D eigenvalue weighted by molar-refractivity contribution is 0.305. The van der Waals surface area contributed by atoms with Crippen LogP contribution < -0.4 is 19.3 Å². The normalized spacial score (nSPS) is 13.4. The number of methoxy groups -OCH3 is 1. The Balaban J connectivity index is 1.91. The van der Waals surface area contributed by atoms with Gasteiger partial charge < -0.3 is 24.4 Å². The van der Waals surface area contributed by atoms with Gasteiger partial charge in [-0.2, -0.15) is 0 Å². The Bertz CT molecular complexity index is 1760. The van der Waals surface area contributed by atoms with Gasteiger partial charge in [0.25, 0.3) is 0 Å². The molecule has 0 aromatic heterocycles. The molecule has 0 radical (unpaired) electrons. The van der Waals surface area contributed by atoms with Crippen LogP contribution in [0.2, 0.25) is 0 Å². The van der Waals surface area contributed by atoms with E-state index in [1.54, 1.807) is 13.2 Å². The molecule has 0 unspecified atom stereocenters. The van der Waals surface area contributed by atoms with Gasteiger partial charge in [0, 0.05) is 46.2 Å². The Labute approximate surface area is 306 Å². The highest BCUT2D eigenvalue weighted by atomic mass is 32.1. The largest absolute Gasteiger partial charge is 0.505 e. The van der Waals surface area contributed by atoms with E-state index in [0.717, 1.165) is 71.0 Å². The van der Waals surface area contributed by atoms with Crippen molar-refractivity contribution in [2.75, 3.05) is 23.5 Å². The lowest BCUT2D eigenvalue weighted by Crippen LogP contribution is -2.22. The number of allylic oxidation sites excluding steroid dienone is 9. The van der Waals surface area contributed by atoms with Crippen LogP contribution in [0.15, 0.2) is 125 Å². The smallest absolute Gasteiger partial charge is 0.150 e. The molecule has 0 bridgehead atoms. The number of unbranched alkanes of at least 4 members (excludes halogenated alkanes) is 2. The number of hydrogen-bond acceptors (Lipinski definition) is 6. The monoisotopic (exact) mass is 690 g/mol. The number of aromatic hydroxyl groups is 1. The van der Waals surface area contributed by atoms with E-state index in [1.165, 1.54) is 11.1 Å². The van der Waals surface area contributed by atoms with Crippen molar-refractivity contribution in [2.24, 2.45) is 0 Å². The van der Waals surface area contributed by atoms with Crippen molar-refractivity contribution in [1.82, 2.24) is 0 Å². The van der Waals surface area contributed by atoms with Gasteiger partial charge in [-0.25, -0.2) is 0 Å². The molecule has 1 aliphatic carbocycles. The van der Waals surface area contributed by atoms with Gasteiger partial charge in [-0.15, -0.1) is 12.6 Å². The van der Waals surface area contributed by atoms with Crippen LogP contribution in [-0.4, -0.2) is 18.8 Å². The first-order chi connectivity index (χ1) is 24.3. The van der Waals surface area contributed by atoms with Crippen molar-refractivity contribution >= 4 is 29.7 Å². The average molecular weight is 691 g/mol. The molecule has 3 aromatic rings. The molecule has 3 aromatic carbocycles. The molecule has 50 heavy (non-hydrogen) atoms. The van der Waals surface area contributed by atoms with Gasteiger partial charge in [0.1, 0.15) is 22.9 Å². The zero-order valence-corrected chi connectivity index (χ0v) is 31.8. The SMILES string of the molecule is C\C=C/C(=C\C=C\C)N(C1=CC=C(N(c2ccc(C)cc2)c2c(O)cc(OCCCC)cc2OC)C=CC1)c1c(C)cc(CCCC)cc1S. The van der Waals surface area contributed by atoms with Gasteiger partial charge >= 0.3 is 0 Å². The fraction of sp³-hybridized carbons (Fsp3) is 0.318. The number of ether oxygens (including phenoxy) is 2. The van der Waals surface area contributed by atoms with E-state index < -0.39 is 0 Å². The van der Waals surface area contributed by atoms with Gasteiger partial charge in [-0.1, -0.05) is 74.8 Å². The number of benzene rings is 3. The molecule has 0 spiro atoms. The Morgan fingerprint density at radius 2 is 1.70 bits per heavy atom. The second-order valence-electron chi connectivity index (χ2n) is 12.6. The fourth-order valence-electron chi connectivity index (χ4n) is 6.05. The molecular weight excluding hydrogens is 637 g/mol. The third kappa shape index (κ3) is 9.57. The zero-order chi connectivity index (χ0) is 36.0. The van der Waals surface area contributed by atoms with Crippen LogP contribution in [0.1, 0.15) is 76.5 Å². The van der Waals surface area contributed by atoms with Crippen molar-refractivity contribution in [3.05, 3.63) is 137 Å². The fourth-order valence-corrected chi connectivity index (χ4v) is 6.49. The van der Waals surface area contributed by atoms with E-state index in [-0.39, 0.29) is 5.75 Å². The summed E-state index contributed by atoms with van der Waals surface area (Å²) in [5.41, 5.74) is 9.14. The summed E-state index contributed by atoms with van der Waals surface area (Å²) in [5.74, 6) is 1.17. The minimum Gasteiger partial charge on any atom is -0.505 e. The highest BCUT2D eigenvalue weighted by Crippen LogP contribution is 2.47. The minimum absolute atomic E-state index is 0.0731. The Kier molecular flexibility index (Phi) is 14.5. The van der Waals surface area contributed by atoms with E-state index in [1.807, 2.05) is 30.9 Å². The second-order valence-corrected chi connectivity index (χ2v) is 13.0. The van der Waals surface area contributed by atoms with Gasteiger partial charge in [-0.05, 0) is 107 Å². The molecule has 0 fully saturated rings.